The van der Waals surface area contributed by atoms with E-state index in [9.17, 15) is 0 Å². The minimum absolute atomic E-state index is 0.617. The Morgan fingerprint density at radius 1 is 1.27 bits per heavy atom. The topological polar surface area (TPSA) is 63.8 Å². The monoisotopic (exact) mass is 206 g/mol. The third kappa shape index (κ3) is 2.26. The standard InChI is InChI=1S/C11H18N4/c1-7-10(13-6-5-12)8(2)15-11(14-7)9-3-4-9/h9,13H,3-6,12H2,1-2H3. The lowest BCUT2D eigenvalue weighted by Gasteiger charge is -2.11. The SMILES string of the molecule is Cc1nc(C2CC2)nc(C)c1NCCN. The molecule has 0 aromatic carbocycles. The highest BCUT2D eigenvalue weighted by molar-refractivity contribution is 5.51. The van der Waals surface area contributed by atoms with Gasteiger partial charge in [-0.3, -0.25) is 0 Å². The zero-order chi connectivity index (χ0) is 10.8. The number of anilines is 1. The van der Waals surface area contributed by atoms with Crippen LogP contribution in [0, 0.1) is 13.8 Å². The van der Waals surface area contributed by atoms with E-state index in [-0.39, 0.29) is 0 Å². The molecule has 0 saturated heterocycles. The molecule has 0 aliphatic heterocycles. The van der Waals surface area contributed by atoms with Crippen molar-refractivity contribution in [2.45, 2.75) is 32.6 Å². The Kier molecular flexibility index (Phi) is 2.86. The van der Waals surface area contributed by atoms with Crippen molar-refractivity contribution in [1.29, 1.82) is 0 Å². The molecule has 1 aromatic rings. The molecule has 0 atom stereocenters. The van der Waals surface area contributed by atoms with Gasteiger partial charge in [0.1, 0.15) is 5.82 Å². The zero-order valence-electron chi connectivity index (χ0n) is 9.38. The lowest BCUT2D eigenvalue weighted by molar-refractivity contribution is 0.881. The van der Waals surface area contributed by atoms with Crippen molar-refractivity contribution < 1.29 is 0 Å². The fraction of sp³-hybridized carbons (Fsp3) is 0.636. The molecule has 0 amide bonds. The van der Waals surface area contributed by atoms with Gasteiger partial charge in [-0.2, -0.15) is 0 Å². The molecule has 1 aliphatic rings. The van der Waals surface area contributed by atoms with Crippen molar-refractivity contribution in [2.24, 2.45) is 5.73 Å². The van der Waals surface area contributed by atoms with E-state index in [1.54, 1.807) is 0 Å². The quantitative estimate of drug-likeness (QED) is 0.780. The number of nitrogens with two attached hydrogens (primary N) is 1. The van der Waals surface area contributed by atoms with Crippen LogP contribution in [0.4, 0.5) is 5.69 Å². The Balaban J connectivity index is 2.22. The van der Waals surface area contributed by atoms with Crippen molar-refractivity contribution in [3.63, 3.8) is 0 Å². The molecule has 3 N–H and O–H groups in total. The summed E-state index contributed by atoms with van der Waals surface area (Å²) in [5, 5.41) is 3.27. The van der Waals surface area contributed by atoms with Crippen molar-refractivity contribution in [3.8, 4) is 0 Å². The predicted molar refractivity (Wildman–Crippen MR) is 61.0 cm³/mol. The van der Waals surface area contributed by atoms with Gasteiger partial charge in [-0.15, -0.1) is 0 Å². The van der Waals surface area contributed by atoms with E-state index in [1.807, 2.05) is 13.8 Å². The van der Waals surface area contributed by atoms with Crippen LogP contribution in [0.25, 0.3) is 0 Å². The zero-order valence-corrected chi connectivity index (χ0v) is 9.38. The van der Waals surface area contributed by atoms with E-state index in [4.69, 9.17) is 5.73 Å². The molecule has 1 aromatic heterocycles. The molecular weight excluding hydrogens is 188 g/mol. The van der Waals surface area contributed by atoms with E-state index >= 15 is 0 Å². The third-order valence-electron chi connectivity index (χ3n) is 2.68. The average Bonchev–Trinajstić information content (AvgIpc) is 2.99. The van der Waals surface area contributed by atoms with E-state index in [0.29, 0.717) is 12.5 Å². The normalized spacial score (nSPS) is 15.4. The molecular formula is C11H18N4. The molecule has 1 aliphatic carbocycles. The van der Waals surface area contributed by atoms with Crippen LogP contribution in [0.2, 0.25) is 0 Å². The van der Waals surface area contributed by atoms with E-state index < -0.39 is 0 Å². The Labute approximate surface area is 90.3 Å². The van der Waals surface area contributed by atoms with Crippen LogP contribution in [0.1, 0.15) is 36.0 Å². The van der Waals surface area contributed by atoms with E-state index in [1.165, 1.54) is 12.8 Å². The first-order valence-electron chi connectivity index (χ1n) is 5.51. The fourth-order valence-electron chi connectivity index (χ4n) is 1.72. The summed E-state index contributed by atoms with van der Waals surface area (Å²) in [6.45, 7) is 5.45. The number of nitrogens with one attached hydrogen (secondary N) is 1. The number of rotatable bonds is 4. The molecule has 1 heterocycles. The number of hydrogen-bond acceptors (Lipinski definition) is 4. The Morgan fingerprint density at radius 2 is 1.87 bits per heavy atom. The largest absolute Gasteiger partial charge is 0.381 e. The summed E-state index contributed by atoms with van der Waals surface area (Å²) < 4.78 is 0. The minimum Gasteiger partial charge on any atom is -0.381 e. The van der Waals surface area contributed by atoms with Crippen LogP contribution < -0.4 is 11.1 Å². The summed E-state index contributed by atoms with van der Waals surface area (Å²) in [5.74, 6) is 1.63. The first-order valence-corrected chi connectivity index (χ1v) is 5.51. The summed E-state index contributed by atoms with van der Waals surface area (Å²) in [5.41, 5.74) is 8.59. The maximum atomic E-state index is 5.46. The van der Waals surface area contributed by atoms with Crippen LogP contribution in [-0.4, -0.2) is 23.1 Å². The van der Waals surface area contributed by atoms with Gasteiger partial charge in [0.05, 0.1) is 17.1 Å². The van der Waals surface area contributed by atoms with Crippen LogP contribution in [0.3, 0.4) is 0 Å². The third-order valence-corrected chi connectivity index (χ3v) is 2.68. The van der Waals surface area contributed by atoms with Gasteiger partial charge in [-0.1, -0.05) is 0 Å². The van der Waals surface area contributed by atoms with Crippen molar-refractivity contribution >= 4 is 5.69 Å². The summed E-state index contributed by atoms with van der Waals surface area (Å²) in [6, 6.07) is 0. The molecule has 1 fully saturated rings. The highest BCUT2D eigenvalue weighted by Crippen LogP contribution is 2.38. The maximum Gasteiger partial charge on any atom is 0.132 e. The second-order valence-electron chi connectivity index (χ2n) is 4.12. The van der Waals surface area contributed by atoms with Gasteiger partial charge in [-0.05, 0) is 26.7 Å². The molecule has 0 bridgehead atoms. The fourth-order valence-corrected chi connectivity index (χ4v) is 1.72. The number of hydrogen-bond donors (Lipinski definition) is 2. The lowest BCUT2D eigenvalue weighted by atomic mass is 10.2. The number of nitrogens with zero attached hydrogens (tertiary/aromatic N) is 2. The van der Waals surface area contributed by atoms with E-state index in [2.05, 4.69) is 15.3 Å². The highest BCUT2D eigenvalue weighted by Gasteiger charge is 2.27. The van der Waals surface area contributed by atoms with Gasteiger partial charge in [0.25, 0.3) is 0 Å². The highest BCUT2D eigenvalue weighted by atomic mass is 15.0. The molecule has 1 saturated carbocycles. The molecule has 0 radical (unpaired) electrons. The van der Waals surface area contributed by atoms with Crippen molar-refractivity contribution in [2.75, 3.05) is 18.4 Å². The van der Waals surface area contributed by atoms with Crippen LogP contribution in [0.5, 0.6) is 0 Å². The first kappa shape index (κ1) is 10.4. The molecule has 0 spiro atoms. The van der Waals surface area contributed by atoms with Gasteiger partial charge >= 0.3 is 0 Å². The maximum absolute atomic E-state index is 5.46. The first-order chi connectivity index (χ1) is 7.22. The van der Waals surface area contributed by atoms with Crippen LogP contribution in [0.15, 0.2) is 0 Å². The van der Waals surface area contributed by atoms with Gasteiger partial charge in [-0.25, -0.2) is 9.97 Å². The van der Waals surface area contributed by atoms with Gasteiger partial charge in [0, 0.05) is 19.0 Å². The second kappa shape index (κ2) is 4.14. The molecule has 2 rings (SSSR count). The smallest absolute Gasteiger partial charge is 0.132 e. The predicted octanol–water partition coefficient (Wildman–Crippen LogP) is 1.34. The van der Waals surface area contributed by atoms with Gasteiger partial charge in [0.15, 0.2) is 0 Å². The van der Waals surface area contributed by atoms with Gasteiger partial charge < -0.3 is 11.1 Å². The number of aromatic nitrogens is 2. The molecule has 0 unspecified atom stereocenters. The van der Waals surface area contributed by atoms with E-state index in [0.717, 1.165) is 29.4 Å². The second-order valence-corrected chi connectivity index (χ2v) is 4.12. The van der Waals surface area contributed by atoms with Crippen LogP contribution in [-0.2, 0) is 0 Å². The molecule has 4 heteroatoms. The minimum atomic E-state index is 0.617. The Morgan fingerprint density at radius 3 is 2.33 bits per heavy atom. The summed E-state index contributed by atoms with van der Waals surface area (Å²) in [6.07, 6.45) is 2.49. The van der Waals surface area contributed by atoms with Crippen molar-refractivity contribution in [1.82, 2.24) is 9.97 Å². The lowest BCUT2D eigenvalue weighted by Crippen LogP contribution is -2.16. The molecule has 82 valence electrons. The summed E-state index contributed by atoms with van der Waals surface area (Å²) in [4.78, 5) is 9.07. The Hall–Kier alpha value is -1.16. The average molecular weight is 206 g/mol. The van der Waals surface area contributed by atoms with Crippen LogP contribution >= 0.6 is 0 Å². The van der Waals surface area contributed by atoms with Crippen molar-refractivity contribution in [3.05, 3.63) is 17.2 Å². The summed E-state index contributed by atoms with van der Waals surface area (Å²) in [7, 11) is 0. The number of aryl methyl sites for hydroxylation is 2. The Bertz CT molecular complexity index is 335. The molecule has 4 nitrogen and oxygen atoms in total. The molecule has 15 heavy (non-hydrogen) atoms. The van der Waals surface area contributed by atoms with Gasteiger partial charge in [0.2, 0.25) is 0 Å². The summed E-state index contributed by atoms with van der Waals surface area (Å²) >= 11 is 0.